The van der Waals surface area contributed by atoms with Gasteiger partial charge in [-0.05, 0) is 29.9 Å². The molecule has 4 nitrogen and oxygen atoms in total. The van der Waals surface area contributed by atoms with Crippen molar-refractivity contribution in [3.8, 4) is 5.75 Å². The summed E-state index contributed by atoms with van der Waals surface area (Å²) in [5, 5.41) is 6.42. The summed E-state index contributed by atoms with van der Waals surface area (Å²) in [6.45, 7) is 2.06. The van der Waals surface area contributed by atoms with E-state index >= 15 is 0 Å². The highest BCUT2D eigenvalue weighted by molar-refractivity contribution is 6.01. The molecule has 0 aromatic heterocycles. The predicted molar refractivity (Wildman–Crippen MR) is 110 cm³/mol. The van der Waals surface area contributed by atoms with Gasteiger partial charge < -0.3 is 4.74 Å². The van der Waals surface area contributed by atoms with Crippen molar-refractivity contribution in [2.45, 2.75) is 26.2 Å². The summed E-state index contributed by atoms with van der Waals surface area (Å²) in [7, 11) is 0. The van der Waals surface area contributed by atoms with Crippen LogP contribution < -0.4 is 10.2 Å². The monoisotopic (exact) mass is 360 g/mol. The van der Waals surface area contributed by atoms with Gasteiger partial charge in [0.05, 0.1) is 5.71 Å². The van der Waals surface area contributed by atoms with Crippen molar-refractivity contribution in [3.63, 3.8) is 0 Å². The Morgan fingerprint density at radius 2 is 1.70 bits per heavy atom. The first-order valence-corrected chi connectivity index (χ1v) is 9.29. The molecule has 0 heterocycles. The summed E-state index contributed by atoms with van der Waals surface area (Å²) in [5.41, 5.74) is 4.55. The number of rotatable bonds is 8. The van der Waals surface area contributed by atoms with Crippen LogP contribution in [0.25, 0.3) is 10.8 Å². The van der Waals surface area contributed by atoms with Gasteiger partial charge in [-0.15, -0.1) is 0 Å². The van der Waals surface area contributed by atoms with E-state index < -0.39 is 0 Å². The van der Waals surface area contributed by atoms with Crippen LogP contribution in [0.4, 0.5) is 0 Å². The summed E-state index contributed by atoms with van der Waals surface area (Å²) in [5.74, 6) is 0.425. The fraction of sp³-hybridized carbons (Fsp3) is 0.217. The second kappa shape index (κ2) is 9.53. The van der Waals surface area contributed by atoms with E-state index in [-0.39, 0.29) is 12.5 Å². The number of hydrogen-bond donors (Lipinski definition) is 1. The summed E-state index contributed by atoms with van der Waals surface area (Å²) in [4.78, 5) is 12.2. The number of fused-ring (bicyclic) bond motifs is 1. The summed E-state index contributed by atoms with van der Waals surface area (Å²) in [6.07, 6.45) is 2.92. The largest absolute Gasteiger partial charge is 0.483 e. The molecular weight excluding hydrogens is 336 g/mol. The molecule has 138 valence electrons. The molecule has 0 bridgehead atoms. The number of nitrogens with zero attached hydrogens (tertiary/aromatic N) is 1. The van der Waals surface area contributed by atoms with E-state index in [0.717, 1.165) is 41.3 Å². The van der Waals surface area contributed by atoms with Crippen LogP contribution in [0.15, 0.2) is 77.9 Å². The third-order valence-corrected chi connectivity index (χ3v) is 4.30. The van der Waals surface area contributed by atoms with Crippen molar-refractivity contribution in [2.24, 2.45) is 5.10 Å². The van der Waals surface area contributed by atoms with E-state index in [1.807, 2.05) is 72.8 Å². The van der Waals surface area contributed by atoms with E-state index in [1.54, 1.807) is 0 Å². The number of amides is 1. The molecule has 1 amide bonds. The van der Waals surface area contributed by atoms with Gasteiger partial charge in [0.25, 0.3) is 5.91 Å². The molecule has 0 aliphatic heterocycles. The van der Waals surface area contributed by atoms with Crippen LogP contribution in [-0.4, -0.2) is 18.2 Å². The maximum atomic E-state index is 12.2. The van der Waals surface area contributed by atoms with Gasteiger partial charge in [0.2, 0.25) is 0 Å². The van der Waals surface area contributed by atoms with E-state index in [4.69, 9.17) is 4.74 Å². The summed E-state index contributed by atoms with van der Waals surface area (Å²) < 4.78 is 5.72. The van der Waals surface area contributed by atoms with Gasteiger partial charge in [0, 0.05) is 5.39 Å². The minimum Gasteiger partial charge on any atom is -0.483 e. The Labute approximate surface area is 159 Å². The lowest BCUT2D eigenvalue weighted by Crippen LogP contribution is -2.26. The van der Waals surface area contributed by atoms with Gasteiger partial charge in [0.1, 0.15) is 5.75 Å². The first kappa shape index (κ1) is 18.6. The Kier molecular flexibility index (Phi) is 6.58. The zero-order valence-electron chi connectivity index (χ0n) is 15.5. The van der Waals surface area contributed by atoms with Crippen molar-refractivity contribution < 1.29 is 9.53 Å². The molecule has 0 aliphatic rings. The van der Waals surface area contributed by atoms with E-state index in [9.17, 15) is 4.79 Å². The molecule has 27 heavy (non-hydrogen) atoms. The second-order valence-corrected chi connectivity index (χ2v) is 6.33. The molecule has 3 rings (SSSR count). The van der Waals surface area contributed by atoms with Gasteiger partial charge in [-0.25, -0.2) is 5.43 Å². The van der Waals surface area contributed by atoms with Gasteiger partial charge in [-0.2, -0.15) is 5.10 Å². The molecule has 4 heteroatoms. The fourth-order valence-corrected chi connectivity index (χ4v) is 2.87. The van der Waals surface area contributed by atoms with E-state index in [1.165, 1.54) is 0 Å². The third-order valence-electron chi connectivity index (χ3n) is 4.30. The predicted octanol–water partition coefficient (Wildman–Crippen LogP) is 4.93. The zero-order valence-corrected chi connectivity index (χ0v) is 15.5. The normalized spacial score (nSPS) is 11.4. The number of nitrogens with one attached hydrogen (secondary N) is 1. The fourth-order valence-electron chi connectivity index (χ4n) is 2.87. The molecule has 0 unspecified atom stereocenters. The lowest BCUT2D eigenvalue weighted by molar-refractivity contribution is -0.123. The molecule has 0 spiro atoms. The molecule has 0 radical (unpaired) electrons. The van der Waals surface area contributed by atoms with Crippen LogP contribution in [0.3, 0.4) is 0 Å². The van der Waals surface area contributed by atoms with Crippen LogP contribution in [-0.2, 0) is 4.79 Å². The molecule has 3 aromatic carbocycles. The van der Waals surface area contributed by atoms with Gasteiger partial charge in [-0.3, -0.25) is 4.79 Å². The maximum Gasteiger partial charge on any atom is 0.277 e. The lowest BCUT2D eigenvalue weighted by atomic mass is 10.1. The first-order chi connectivity index (χ1) is 13.3. The smallest absolute Gasteiger partial charge is 0.277 e. The van der Waals surface area contributed by atoms with E-state index in [2.05, 4.69) is 17.5 Å². The number of unbranched alkanes of at least 4 members (excludes halogenated alkanes) is 1. The Morgan fingerprint density at radius 1 is 0.963 bits per heavy atom. The Balaban J connectivity index is 1.64. The maximum absolute atomic E-state index is 12.2. The molecule has 0 atom stereocenters. The van der Waals surface area contributed by atoms with Crippen LogP contribution in [0.2, 0.25) is 0 Å². The average molecular weight is 360 g/mol. The van der Waals surface area contributed by atoms with Crippen molar-refractivity contribution in [1.82, 2.24) is 5.43 Å². The Hall–Kier alpha value is -3.14. The Morgan fingerprint density at radius 3 is 2.52 bits per heavy atom. The van der Waals surface area contributed by atoms with E-state index in [0.29, 0.717) is 5.75 Å². The van der Waals surface area contributed by atoms with Crippen LogP contribution in [0, 0.1) is 0 Å². The number of hydrazone groups is 1. The molecular formula is C23H24N2O2. The standard InChI is InChI=1S/C23H24N2O2/c1-2-3-15-21(19-11-5-4-6-12-19)24-25-23(26)17-27-22-16-9-13-18-10-7-8-14-20(18)22/h4-14,16H,2-3,15,17H2,1H3,(H,25,26)/b24-21+. The third kappa shape index (κ3) is 5.17. The number of carbonyl (C=O) groups is 1. The van der Waals surface area contributed by atoms with Crippen molar-refractivity contribution >= 4 is 22.4 Å². The highest BCUT2D eigenvalue weighted by Gasteiger charge is 2.07. The Bertz CT molecular complexity index is 915. The number of carbonyl (C=O) groups excluding carboxylic acids is 1. The van der Waals surface area contributed by atoms with Crippen molar-refractivity contribution in [3.05, 3.63) is 78.4 Å². The molecule has 0 fully saturated rings. The zero-order chi connectivity index (χ0) is 18.9. The van der Waals surface area contributed by atoms with Crippen LogP contribution in [0.1, 0.15) is 31.7 Å². The number of benzene rings is 3. The highest BCUT2D eigenvalue weighted by Crippen LogP contribution is 2.24. The van der Waals surface area contributed by atoms with Gasteiger partial charge in [0.15, 0.2) is 6.61 Å². The highest BCUT2D eigenvalue weighted by atomic mass is 16.5. The molecule has 0 saturated heterocycles. The number of hydrogen-bond acceptors (Lipinski definition) is 3. The second-order valence-electron chi connectivity index (χ2n) is 6.33. The lowest BCUT2D eigenvalue weighted by Gasteiger charge is -2.10. The topological polar surface area (TPSA) is 50.7 Å². The quantitative estimate of drug-likeness (QED) is 0.457. The van der Waals surface area contributed by atoms with Crippen molar-refractivity contribution in [2.75, 3.05) is 6.61 Å². The minimum atomic E-state index is -0.270. The van der Waals surface area contributed by atoms with Gasteiger partial charge in [-0.1, -0.05) is 80.1 Å². The van der Waals surface area contributed by atoms with Crippen molar-refractivity contribution in [1.29, 1.82) is 0 Å². The van der Waals surface area contributed by atoms with Crippen LogP contribution >= 0.6 is 0 Å². The summed E-state index contributed by atoms with van der Waals surface area (Å²) in [6, 6.07) is 23.7. The average Bonchev–Trinajstić information content (AvgIpc) is 2.73. The number of ether oxygens (including phenoxy) is 1. The van der Waals surface area contributed by atoms with Gasteiger partial charge >= 0.3 is 0 Å². The minimum absolute atomic E-state index is 0.0760. The van der Waals surface area contributed by atoms with Crippen LogP contribution in [0.5, 0.6) is 5.75 Å². The molecule has 0 aliphatic carbocycles. The first-order valence-electron chi connectivity index (χ1n) is 9.29. The molecule has 0 saturated carbocycles. The molecule has 3 aromatic rings. The SMILES string of the molecule is CCCC/C(=N\NC(=O)COc1cccc2ccccc12)c1ccccc1. The molecule has 1 N–H and O–H groups in total. The summed E-state index contributed by atoms with van der Waals surface area (Å²) >= 11 is 0.